The maximum absolute atomic E-state index is 6.05. The number of likely N-dealkylation sites (tertiary alicyclic amines) is 1. The van der Waals surface area contributed by atoms with Gasteiger partial charge >= 0.3 is 0 Å². The summed E-state index contributed by atoms with van der Waals surface area (Å²) in [6.07, 6.45) is 2.73. The maximum atomic E-state index is 6.05. The number of hydrogen-bond donors (Lipinski definition) is 1. The molecular weight excluding hydrogens is 240 g/mol. The number of nitrogens with one attached hydrogen (secondary N) is 1. The molecule has 0 spiro atoms. The number of halogens is 1. The van der Waals surface area contributed by atoms with Crippen LogP contribution in [0, 0.1) is 0 Å². The maximum Gasteiger partial charge on any atom is 0.0558 e. The fourth-order valence-corrected chi connectivity index (χ4v) is 3.19. The second-order valence-corrected chi connectivity index (χ2v) is 5.89. The zero-order valence-electron chi connectivity index (χ0n) is 9.71. The summed E-state index contributed by atoms with van der Waals surface area (Å²) in [6.45, 7) is 6.84. The second-order valence-electron chi connectivity index (χ2n) is 4.48. The van der Waals surface area contributed by atoms with Crippen LogP contribution in [0.25, 0.3) is 0 Å². The monoisotopic (exact) mass is 258 g/mol. The van der Waals surface area contributed by atoms with Crippen molar-refractivity contribution in [2.24, 2.45) is 0 Å². The van der Waals surface area contributed by atoms with Crippen molar-refractivity contribution in [3.8, 4) is 0 Å². The van der Waals surface area contributed by atoms with Gasteiger partial charge in [0, 0.05) is 24.0 Å². The minimum absolute atomic E-state index is 0.538. The quantitative estimate of drug-likeness (QED) is 0.874. The van der Waals surface area contributed by atoms with Gasteiger partial charge in [-0.1, -0.05) is 11.6 Å². The highest BCUT2D eigenvalue weighted by molar-refractivity contribution is 7.10. The Balaban J connectivity index is 1.71. The minimum Gasteiger partial charge on any atom is -0.308 e. The number of thiophene rings is 1. The Bertz CT molecular complexity index is 321. The van der Waals surface area contributed by atoms with Crippen molar-refractivity contribution >= 4 is 22.9 Å². The van der Waals surface area contributed by atoms with Gasteiger partial charge in [0.2, 0.25) is 0 Å². The Morgan fingerprint density at radius 1 is 1.50 bits per heavy atom. The van der Waals surface area contributed by atoms with E-state index in [9.17, 15) is 0 Å². The molecule has 2 rings (SSSR count). The van der Waals surface area contributed by atoms with E-state index in [1.54, 1.807) is 11.3 Å². The summed E-state index contributed by atoms with van der Waals surface area (Å²) < 4.78 is 0. The molecule has 0 aromatic carbocycles. The fraction of sp³-hybridized carbons (Fsp3) is 0.667. The van der Waals surface area contributed by atoms with Gasteiger partial charge < -0.3 is 10.2 Å². The third kappa shape index (κ3) is 3.45. The average Bonchev–Trinajstić information content (AvgIpc) is 2.87. The SMILES string of the molecule is CC(CN1CCCC1)NCc1sccc1Cl. The smallest absolute Gasteiger partial charge is 0.0558 e. The van der Waals surface area contributed by atoms with Crippen LogP contribution in [0.2, 0.25) is 5.02 Å². The molecule has 0 bridgehead atoms. The van der Waals surface area contributed by atoms with Gasteiger partial charge in [0.05, 0.1) is 5.02 Å². The Hall–Kier alpha value is -0.0900. The van der Waals surface area contributed by atoms with Crippen molar-refractivity contribution < 1.29 is 0 Å². The number of hydrogen-bond acceptors (Lipinski definition) is 3. The molecule has 0 saturated carbocycles. The molecule has 1 saturated heterocycles. The summed E-state index contributed by atoms with van der Waals surface area (Å²) in [5, 5.41) is 6.48. The topological polar surface area (TPSA) is 15.3 Å². The Kier molecular flexibility index (Phi) is 4.65. The van der Waals surface area contributed by atoms with E-state index in [2.05, 4.69) is 17.1 Å². The minimum atomic E-state index is 0.538. The lowest BCUT2D eigenvalue weighted by Gasteiger charge is -2.21. The van der Waals surface area contributed by atoms with E-state index in [1.807, 2.05) is 11.4 Å². The molecule has 16 heavy (non-hydrogen) atoms. The molecule has 0 amide bonds. The van der Waals surface area contributed by atoms with E-state index < -0.39 is 0 Å². The molecule has 1 aliphatic heterocycles. The van der Waals surface area contributed by atoms with Crippen molar-refractivity contribution in [3.05, 3.63) is 21.3 Å². The normalized spacial score (nSPS) is 19.1. The predicted molar refractivity (Wildman–Crippen MR) is 71.3 cm³/mol. The molecule has 1 aromatic rings. The Labute approximate surface area is 107 Å². The summed E-state index contributed by atoms with van der Waals surface area (Å²) in [5.41, 5.74) is 0. The summed E-state index contributed by atoms with van der Waals surface area (Å²) >= 11 is 7.78. The highest BCUT2D eigenvalue weighted by Crippen LogP contribution is 2.21. The summed E-state index contributed by atoms with van der Waals surface area (Å²) in [6, 6.07) is 2.50. The van der Waals surface area contributed by atoms with E-state index in [0.29, 0.717) is 6.04 Å². The second kappa shape index (κ2) is 6.01. The molecule has 2 heterocycles. The molecule has 1 fully saturated rings. The lowest BCUT2D eigenvalue weighted by molar-refractivity contribution is 0.298. The molecule has 4 heteroatoms. The first-order valence-electron chi connectivity index (χ1n) is 5.93. The average molecular weight is 259 g/mol. The third-order valence-corrected chi connectivity index (χ3v) is 4.42. The lowest BCUT2D eigenvalue weighted by Crippen LogP contribution is -2.37. The standard InChI is InChI=1S/C12H19ClN2S/c1-10(9-15-5-2-3-6-15)14-8-12-11(13)4-7-16-12/h4,7,10,14H,2-3,5-6,8-9H2,1H3. The van der Waals surface area contributed by atoms with Crippen LogP contribution in [0.1, 0.15) is 24.6 Å². The van der Waals surface area contributed by atoms with Crippen LogP contribution in [0.15, 0.2) is 11.4 Å². The zero-order valence-corrected chi connectivity index (χ0v) is 11.3. The van der Waals surface area contributed by atoms with Crippen LogP contribution in [-0.2, 0) is 6.54 Å². The zero-order chi connectivity index (χ0) is 11.4. The van der Waals surface area contributed by atoms with Gasteiger partial charge in [-0.3, -0.25) is 0 Å². The summed E-state index contributed by atoms with van der Waals surface area (Å²) in [4.78, 5) is 3.78. The third-order valence-electron chi connectivity index (χ3n) is 3.03. The first-order valence-corrected chi connectivity index (χ1v) is 7.19. The van der Waals surface area contributed by atoms with E-state index in [1.165, 1.54) is 30.8 Å². The Morgan fingerprint density at radius 2 is 2.25 bits per heavy atom. The number of nitrogens with zero attached hydrogens (tertiary/aromatic N) is 1. The first-order chi connectivity index (χ1) is 7.75. The van der Waals surface area contributed by atoms with Crippen molar-refractivity contribution in [3.63, 3.8) is 0 Å². The van der Waals surface area contributed by atoms with Gasteiger partial charge in [0.1, 0.15) is 0 Å². The van der Waals surface area contributed by atoms with Gasteiger partial charge in [-0.05, 0) is 44.3 Å². The summed E-state index contributed by atoms with van der Waals surface area (Å²) in [7, 11) is 0. The molecule has 1 atom stereocenters. The van der Waals surface area contributed by atoms with Gasteiger partial charge in [-0.15, -0.1) is 11.3 Å². The van der Waals surface area contributed by atoms with Crippen molar-refractivity contribution in [1.82, 2.24) is 10.2 Å². The highest BCUT2D eigenvalue weighted by Gasteiger charge is 2.14. The lowest BCUT2D eigenvalue weighted by atomic mass is 10.3. The van der Waals surface area contributed by atoms with E-state index in [-0.39, 0.29) is 0 Å². The van der Waals surface area contributed by atoms with Crippen LogP contribution in [0.5, 0.6) is 0 Å². The van der Waals surface area contributed by atoms with Crippen LogP contribution in [0.3, 0.4) is 0 Å². The van der Waals surface area contributed by atoms with Crippen molar-refractivity contribution in [1.29, 1.82) is 0 Å². The Morgan fingerprint density at radius 3 is 2.88 bits per heavy atom. The largest absolute Gasteiger partial charge is 0.308 e. The molecule has 1 unspecified atom stereocenters. The van der Waals surface area contributed by atoms with Crippen LogP contribution < -0.4 is 5.32 Å². The van der Waals surface area contributed by atoms with Crippen molar-refractivity contribution in [2.45, 2.75) is 32.4 Å². The summed E-state index contributed by atoms with van der Waals surface area (Å²) in [5.74, 6) is 0. The molecule has 1 N–H and O–H groups in total. The molecular formula is C12H19ClN2S. The first kappa shape index (κ1) is 12.4. The molecule has 1 aromatic heterocycles. The van der Waals surface area contributed by atoms with Gasteiger partial charge in [0.25, 0.3) is 0 Å². The van der Waals surface area contributed by atoms with E-state index in [0.717, 1.165) is 18.1 Å². The van der Waals surface area contributed by atoms with Gasteiger partial charge in [-0.25, -0.2) is 0 Å². The van der Waals surface area contributed by atoms with Crippen LogP contribution in [-0.4, -0.2) is 30.6 Å². The van der Waals surface area contributed by atoms with Gasteiger partial charge in [-0.2, -0.15) is 0 Å². The molecule has 0 aliphatic carbocycles. The fourth-order valence-electron chi connectivity index (χ4n) is 2.14. The van der Waals surface area contributed by atoms with Gasteiger partial charge in [0.15, 0.2) is 0 Å². The molecule has 90 valence electrons. The van der Waals surface area contributed by atoms with E-state index >= 15 is 0 Å². The van der Waals surface area contributed by atoms with Crippen LogP contribution >= 0.6 is 22.9 Å². The van der Waals surface area contributed by atoms with Crippen molar-refractivity contribution in [2.75, 3.05) is 19.6 Å². The molecule has 2 nitrogen and oxygen atoms in total. The number of rotatable bonds is 5. The molecule has 0 radical (unpaired) electrons. The highest BCUT2D eigenvalue weighted by atomic mass is 35.5. The molecule has 1 aliphatic rings. The predicted octanol–water partition coefficient (Wildman–Crippen LogP) is 2.98. The van der Waals surface area contributed by atoms with Crippen LogP contribution in [0.4, 0.5) is 0 Å². The van der Waals surface area contributed by atoms with E-state index in [4.69, 9.17) is 11.6 Å².